The number of carbonyl (C=O) groups is 2. The van der Waals surface area contributed by atoms with Gasteiger partial charge in [0.2, 0.25) is 5.91 Å². The topological polar surface area (TPSA) is 61.4 Å². The Bertz CT molecular complexity index is 562. The number of nitrogens with zero attached hydrogens (tertiary/aromatic N) is 1. The van der Waals surface area contributed by atoms with Gasteiger partial charge in [-0.1, -0.05) is 12.1 Å². The average Bonchev–Trinajstić information content (AvgIpc) is 3.22. The second-order valence-electron chi connectivity index (χ2n) is 7.01. The molecule has 0 unspecified atom stereocenters. The third kappa shape index (κ3) is 6.36. The van der Waals surface area contributed by atoms with Crippen LogP contribution in [0.5, 0.6) is 0 Å². The molecule has 1 aliphatic rings. The van der Waals surface area contributed by atoms with E-state index in [4.69, 9.17) is 0 Å². The monoisotopic (exact) mass is 321 g/mol. The molecule has 1 aromatic carbocycles. The summed E-state index contributed by atoms with van der Waals surface area (Å²) in [6, 6.07) is 6.13. The number of rotatable bonds is 5. The van der Waals surface area contributed by atoms with Crippen molar-refractivity contribution in [1.29, 1.82) is 0 Å². The number of imide groups is 1. The highest BCUT2D eigenvalue weighted by atomic mass is 19.1. The fourth-order valence-electron chi connectivity index (χ4n) is 2.30. The minimum Gasteiger partial charge on any atom is -0.333 e. The molecule has 0 heterocycles. The number of hydrogen-bond acceptors (Lipinski definition) is 3. The third-order valence-corrected chi connectivity index (χ3v) is 3.45. The number of halogens is 1. The van der Waals surface area contributed by atoms with E-state index in [0.29, 0.717) is 12.6 Å². The summed E-state index contributed by atoms with van der Waals surface area (Å²) in [5.74, 6) is -0.607. The Kier molecular flexibility index (Phi) is 5.36. The van der Waals surface area contributed by atoms with Crippen LogP contribution in [0.25, 0.3) is 0 Å². The SMILES string of the molecule is CC(C)(C)NC(=O)NC(=O)CN(Cc1ccc(F)cc1)C1CC1. The first kappa shape index (κ1) is 17.4. The lowest BCUT2D eigenvalue weighted by Crippen LogP contribution is -2.50. The van der Waals surface area contributed by atoms with Crippen LogP contribution >= 0.6 is 0 Å². The van der Waals surface area contributed by atoms with Gasteiger partial charge in [-0.3, -0.25) is 15.0 Å². The van der Waals surface area contributed by atoms with Crippen LogP contribution in [0.1, 0.15) is 39.2 Å². The summed E-state index contributed by atoms with van der Waals surface area (Å²) >= 11 is 0. The molecule has 0 aromatic heterocycles. The van der Waals surface area contributed by atoms with E-state index in [0.717, 1.165) is 18.4 Å². The van der Waals surface area contributed by atoms with Crippen molar-refractivity contribution >= 4 is 11.9 Å². The summed E-state index contributed by atoms with van der Waals surface area (Å²) in [5.41, 5.74) is 0.555. The smallest absolute Gasteiger partial charge is 0.321 e. The number of benzene rings is 1. The Morgan fingerprint density at radius 3 is 2.35 bits per heavy atom. The molecule has 1 fully saturated rings. The normalized spacial score (nSPS) is 14.7. The molecule has 2 rings (SSSR count). The zero-order valence-corrected chi connectivity index (χ0v) is 13.9. The van der Waals surface area contributed by atoms with Crippen molar-refractivity contribution in [3.8, 4) is 0 Å². The highest BCUT2D eigenvalue weighted by Gasteiger charge is 2.30. The molecule has 126 valence electrons. The summed E-state index contributed by atoms with van der Waals surface area (Å²) in [5, 5.41) is 5.05. The molecular weight excluding hydrogens is 297 g/mol. The van der Waals surface area contributed by atoms with E-state index in [2.05, 4.69) is 10.6 Å². The minimum atomic E-state index is -0.486. The lowest BCUT2D eigenvalue weighted by molar-refractivity contribution is -0.121. The van der Waals surface area contributed by atoms with Crippen molar-refractivity contribution in [2.24, 2.45) is 0 Å². The predicted octanol–water partition coefficient (Wildman–Crippen LogP) is 2.41. The molecule has 1 saturated carbocycles. The Hall–Kier alpha value is -1.95. The van der Waals surface area contributed by atoms with Gasteiger partial charge in [0.05, 0.1) is 6.54 Å². The molecule has 6 heteroatoms. The van der Waals surface area contributed by atoms with Gasteiger partial charge < -0.3 is 5.32 Å². The van der Waals surface area contributed by atoms with E-state index in [1.165, 1.54) is 12.1 Å². The number of amides is 3. The number of urea groups is 1. The largest absolute Gasteiger partial charge is 0.333 e. The summed E-state index contributed by atoms with van der Waals surface area (Å²) in [6.07, 6.45) is 2.09. The predicted molar refractivity (Wildman–Crippen MR) is 86.3 cm³/mol. The summed E-state index contributed by atoms with van der Waals surface area (Å²) in [6.45, 7) is 6.27. The highest BCUT2D eigenvalue weighted by Crippen LogP contribution is 2.28. The van der Waals surface area contributed by atoms with Gasteiger partial charge in [0.25, 0.3) is 0 Å². The second-order valence-corrected chi connectivity index (χ2v) is 7.01. The van der Waals surface area contributed by atoms with Gasteiger partial charge >= 0.3 is 6.03 Å². The molecule has 2 N–H and O–H groups in total. The Morgan fingerprint density at radius 2 is 1.83 bits per heavy atom. The molecule has 0 radical (unpaired) electrons. The van der Waals surface area contributed by atoms with Gasteiger partial charge in [0, 0.05) is 18.1 Å². The van der Waals surface area contributed by atoms with E-state index in [1.54, 1.807) is 12.1 Å². The van der Waals surface area contributed by atoms with Crippen molar-refractivity contribution in [1.82, 2.24) is 15.5 Å². The Balaban J connectivity index is 1.88. The lowest BCUT2D eigenvalue weighted by Gasteiger charge is -2.23. The van der Waals surface area contributed by atoms with Crippen molar-refractivity contribution in [2.75, 3.05) is 6.54 Å². The first-order valence-corrected chi connectivity index (χ1v) is 7.83. The third-order valence-electron chi connectivity index (χ3n) is 3.45. The van der Waals surface area contributed by atoms with Crippen LogP contribution in [-0.2, 0) is 11.3 Å². The molecule has 1 aliphatic carbocycles. The van der Waals surface area contributed by atoms with Gasteiger partial charge in [0.15, 0.2) is 0 Å². The van der Waals surface area contributed by atoms with E-state index in [-0.39, 0.29) is 18.3 Å². The molecule has 0 saturated heterocycles. The zero-order valence-electron chi connectivity index (χ0n) is 13.9. The first-order chi connectivity index (χ1) is 10.7. The van der Waals surface area contributed by atoms with Gasteiger partial charge in [-0.15, -0.1) is 0 Å². The van der Waals surface area contributed by atoms with Crippen LogP contribution in [0.2, 0.25) is 0 Å². The molecule has 0 bridgehead atoms. The van der Waals surface area contributed by atoms with Crippen molar-refractivity contribution < 1.29 is 14.0 Å². The van der Waals surface area contributed by atoms with Crippen LogP contribution in [0.4, 0.5) is 9.18 Å². The average molecular weight is 321 g/mol. The Morgan fingerprint density at radius 1 is 1.22 bits per heavy atom. The first-order valence-electron chi connectivity index (χ1n) is 7.83. The summed E-state index contributed by atoms with van der Waals surface area (Å²) in [4.78, 5) is 25.8. The summed E-state index contributed by atoms with van der Waals surface area (Å²) in [7, 11) is 0. The standard InChI is InChI=1S/C17H24FN3O2/c1-17(2,3)20-16(23)19-15(22)11-21(14-8-9-14)10-12-4-6-13(18)7-5-12/h4-7,14H,8-11H2,1-3H3,(H2,19,20,22,23). The Labute approximate surface area is 136 Å². The van der Waals surface area contributed by atoms with Crippen LogP contribution in [-0.4, -0.2) is 35.0 Å². The molecule has 5 nitrogen and oxygen atoms in total. The maximum Gasteiger partial charge on any atom is 0.321 e. The highest BCUT2D eigenvalue weighted by molar-refractivity contribution is 5.95. The van der Waals surface area contributed by atoms with Gasteiger partial charge in [-0.05, 0) is 51.3 Å². The van der Waals surface area contributed by atoms with E-state index >= 15 is 0 Å². The molecule has 3 amide bonds. The zero-order chi connectivity index (χ0) is 17.0. The molecule has 0 spiro atoms. The van der Waals surface area contributed by atoms with Gasteiger partial charge in [-0.25, -0.2) is 9.18 Å². The molecule has 1 aromatic rings. The molecule has 23 heavy (non-hydrogen) atoms. The number of hydrogen-bond donors (Lipinski definition) is 2. The van der Waals surface area contributed by atoms with Gasteiger partial charge in [-0.2, -0.15) is 0 Å². The van der Waals surface area contributed by atoms with Crippen molar-refractivity contribution in [2.45, 2.75) is 51.7 Å². The van der Waals surface area contributed by atoms with Crippen molar-refractivity contribution in [3.05, 3.63) is 35.6 Å². The van der Waals surface area contributed by atoms with E-state index in [9.17, 15) is 14.0 Å². The molecular formula is C17H24FN3O2. The summed E-state index contributed by atoms with van der Waals surface area (Å²) < 4.78 is 13.0. The maximum absolute atomic E-state index is 13.0. The molecule has 0 atom stereocenters. The van der Waals surface area contributed by atoms with Crippen LogP contribution < -0.4 is 10.6 Å². The molecule has 0 aliphatic heterocycles. The number of carbonyl (C=O) groups excluding carboxylic acids is 2. The lowest BCUT2D eigenvalue weighted by atomic mass is 10.1. The van der Waals surface area contributed by atoms with Crippen LogP contribution in [0.15, 0.2) is 24.3 Å². The second kappa shape index (κ2) is 7.08. The fraction of sp³-hybridized carbons (Fsp3) is 0.529. The number of nitrogens with one attached hydrogen (secondary N) is 2. The van der Waals surface area contributed by atoms with Crippen LogP contribution in [0.3, 0.4) is 0 Å². The van der Waals surface area contributed by atoms with Gasteiger partial charge in [0.1, 0.15) is 5.82 Å². The van der Waals surface area contributed by atoms with E-state index in [1.807, 2.05) is 25.7 Å². The quantitative estimate of drug-likeness (QED) is 0.875. The fourth-order valence-corrected chi connectivity index (χ4v) is 2.30. The van der Waals surface area contributed by atoms with E-state index < -0.39 is 11.6 Å². The van der Waals surface area contributed by atoms with Crippen LogP contribution in [0, 0.1) is 5.82 Å². The maximum atomic E-state index is 13.0. The van der Waals surface area contributed by atoms with Crippen molar-refractivity contribution in [3.63, 3.8) is 0 Å². The minimum absolute atomic E-state index is 0.152.